The fraction of sp³-hybridized carbons (Fsp3) is 0.429. The van der Waals surface area contributed by atoms with Crippen molar-refractivity contribution in [2.45, 2.75) is 50.7 Å². The van der Waals surface area contributed by atoms with Crippen LogP contribution in [0.1, 0.15) is 20.8 Å². The molecule has 2 unspecified atom stereocenters. The molecule has 2 atom stereocenters. The minimum Gasteiger partial charge on any atom is -0.482 e. The number of fused-ring (bicyclic) bond motifs is 2. The van der Waals surface area contributed by atoms with Gasteiger partial charge in [0.15, 0.2) is 22.3 Å². The van der Waals surface area contributed by atoms with E-state index in [2.05, 4.69) is 39.5 Å². The highest BCUT2D eigenvalue weighted by molar-refractivity contribution is 7.98. The molecular weight excluding hydrogens is 416 g/mol. The maximum Gasteiger partial charge on any atom is 0.265 e. The molecule has 1 amide bonds. The predicted octanol–water partition coefficient (Wildman–Crippen LogP) is 2.71. The van der Waals surface area contributed by atoms with Crippen molar-refractivity contribution >= 4 is 34.5 Å². The fourth-order valence-corrected chi connectivity index (χ4v) is 3.73. The number of hydrogen-bond donors (Lipinski definition) is 2. The highest BCUT2D eigenvalue weighted by Crippen LogP contribution is 2.33. The van der Waals surface area contributed by atoms with Crippen molar-refractivity contribution in [1.82, 2.24) is 25.1 Å². The van der Waals surface area contributed by atoms with Crippen molar-refractivity contribution in [3.05, 3.63) is 30.5 Å². The molecular formula is C21H26N6O3S. The largest absolute Gasteiger partial charge is 0.482 e. The third kappa shape index (κ3) is 4.53. The normalized spacial score (nSPS) is 17.7. The van der Waals surface area contributed by atoms with E-state index >= 15 is 0 Å². The van der Waals surface area contributed by atoms with Crippen LogP contribution in [0.15, 0.2) is 35.6 Å². The molecule has 31 heavy (non-hydrogen) atoms. The zero-order valence-electron chi connectivity index (χ0n) is 18.0. The van der Waals surface area contributed by atoms with Crippen LogP contribution >= 0.6 is 11.8 Å². The number of carbonyl (C=O) groups is 1. The standard InChI is InChI=1S/C21H26N6O3S/c1-12(2)24-18-14-11-23-27(19(14)26-21(25-18)31-4)10-9-22-20(28)17-13(3)29-15-7-5-6-8-16(15)30-17/h5-8,11-13,17H,9-10H2,1-4H3,(H,22,28)(H,24,25,26). The molecule has 3 aromatic rings. The van der Waals surface area contributed by atoms with Gasteiger partial charge in [-0.05, 0) is 39.2 Å². The molecule has 10 heteroatoms. The Kier molecular flexibility index (Phi) is 6.17. The third-order valence-corrected chi connectivity index (χ3v) is 5.35. The van der Waals surface area contributed by atoms with Crippen LogP contribution in [0.25, 0.3) is 11.0 Å². The highest BCUT2D eigenvalue weighted by atomic mass is 32.2. The first-order chi connectivity index (χ1) is 15.0. The van der Waals surface area contributed by atoms with Gasteiger partial charge >= 0.3 is 0 Å². The SMILES string of the molecule is CSc1nc(NC(C)C)c2cnn(CCNC(=O)C3Oc4ccccc4OC3C)c2n1. The number of aromatic nitrogens is 4. The summed E-state index contributed by atoms with van der Waals surface area (Å²) in [7, 11) is 0. The summed E-state index contributed by atoms with van der Waals surface area (Å²) in [6, 6.07) is 7.58. The number of para-hydroxylation sites is 2. The molecule has 1 aliphatic rings. The molecule has 2 aromatic heterocycles. The van der Waals surface area contributed by atoms with Gasteiger partial charge in [-0.3, -0.25) is 4.79 Å². The van der Waals surface area contributed by atoms with Gasteiger partial charge in [0.1, 0.15) is 11.9 Å². The predicted molar refractivity (Wildman–Crippen MR) is 120 cm³/mol. The zero-order valence-corrected chi connectivity index (χ0v) is 18.8. The van der Waals surface area contributed by atoms with Crippen LogP contribution in [0.3, 0.4) is 0 Å². The van der Waals surface area contributed by atoms with Crippen LogP contribution in [0.2, 0.25) is 0 Å². The Balaban J connectivity index is 1.43. The number of carbonyl (C=O) groups excluding carboxylic acids is 1. The summed E-state index contributed by atoms with van der Waals surface area (Å²) in [5.74, 6) is 1.77. The van der Waals surface area contributed by atoms with E-state index in [-0.39, 0.29) is 18.1 Å². The third-order valence-electron chi connectivity index (χ3n) is 4.81. The number of ether oxygens (including phenoxy) is 2. The Morgan fingerprint density at radius 2 is 1.97 bits per heavy atom. The maximum absolute atomic E-state index is 12.7. The van der Waals surface area contributed by atoms with Gasteiger partial charge in [0.05, 0.1) is 18.1 Å². The number of anilines is 1. The average Bonchev–Trinajstić information content (AvgIpc) is 3.16. The van der Waals surface area contributed by atoms with Gasteiger partial charge < -0.3 is 20.1 Å². The summed E-state index contributed by atoms with van der Waals surface area (Å²) in [5.41, 5.74) is 0.733. The summed E-state index contributed by atoms with van der Waals surface area (Å²) < 4.78 is 13.4. The van der Waals surface area contributed by atoms with Crippen LogP contribution < -0.4 is 20.1 Å². The van der Waals surface area contributed by atoms with Gasteiger partial charge in [0.25, 0.3) is 5.91 Å². The maximum atomic E-state index is 12.7. The first kappa shape index (κ1) is 21.2. The fourth-order valence-electron chi connectivity index (χ4n) is 3.37. The van der Waals surface area contributed by atoms with Gasteiger partial charge in [-0.1, -0.05) is 23.9 Å². The van der Waals surface area contributed by atoms with Crippen LogP contribution in [0.5, 0.6) is 11.5 Å². The van der Waals surface area contributed by atoms with Crippen molar-refractivity contribution in [2.24, 2.45) is 0 Å². The lowest BCUT2D eigenvalue weighted by Gasteiger charge is -2.31. The molecule has 0 bridgehead atoms. The lowest BCUT2D eigenvalue weighted by Crippen LogP contribution is -2.49. The molecule has 0 radical (unpaired) electrons. The molecule has 0 saturated heterocycles. The molecule has 1 aromatic carbocycles. The Morgan fingerprint density at radius 3 is 2.68 bits per heavy atom. The van der Waals surface area contributed by atoms with Crippen molar-refractivity contribution in [1.29, 1.82) is 0 Å². The van der Waals surface area contributed by atoms with Crippen molar-refractivity contribution in [3.8, 4) is 11.5 Å². The number of rotatable bonds is 7. The van der Waals surface area contributed by atoms with Gasteiger partial charge in [-0.2, -0.15) is 5.10 Å². The van der Waals surface area contributed by atoms with Crippen LogP contribution in [-0.4, -0.2) is 56.7 Å². The van der Waals surface area contributed by atoms with E-state index in [1.165, 1.54) is 11.8 Å². The Bertz CT molecular complexity index is 1090. The molecule has 0 saturated carbocycles. The number of hydrogen-bond acceptors (Lipinski definition) is 8. The number of nitrogens with one attached hydrogen (secondary N) is 2. The van der Waals surface area contributed by atoms with E-state index in [4.69, 9.17) is 9.47 Å². The highest BCUT2D eigenvalue weighted by Gasteiger charge is 2.33. The van der Waals surface area contributed by atoms with Crippen molar-refractivity contribution in [2.75, 3.05) is 18.1 Å². The van der Waals surface area contributed by atoms with Crippen molar-refractivity contribution < 1.29 is 14.3 Å². The second-order valence-corrected chi connectivity index (χ2v) is 8.34. The molecule has 164 valence electrons. The number of thioether (sulfide) groups is 1. The molecule has 3 heterocycles. The summed E-state index contributed by atoms with van der Waals surface area (Å²) in [5, 5.41) is 12.2. The Hall–Kier alpha value is -3.01. The minimum absolute atomic E-state index is 0.222. The van der Waals surface area contributed by atoms with Crippen LogP contribution in [0, 0.1) is 0 Å². The Morgan fingerprint density at radius 1 is 1.23 bits per heavy atom. The molecule has 2 N–H and O–H groups in total. The quantitative estimate of drug-likeness (QED) is 0.425. The van der Waals surface area contributed by atoms with Gasteiger partial charge in [-0.15, -0.1) is 0 Å². The van der Waals surface area contributed by atoms with E-state index in [1.807, 2.05) is 31.4 Å². The van der Waals surface area contributed by atoms with Gasteiger partial charge in [0.2, 0.25) is 6.10 Å². The number of benzene rings is 1. The smallest absolute Gasteiger partial charge is 0.265 e. The summed E-state index contributed by atoms with van der Waals surface area (Å²) in [4.78, 5) is 21.9. The second kappa shape index (κ2) is 9.01. The molecule has 0 spiro atoms. The molecule has 0 fully saturated rings. The first-order valence-corrected chi connectivity index (χ1v) is 11.4. The number of nitrogens with zero attached hydrogens (tertiary/aromatic N) is 4. The van der Waals surface area contributed by atoms with E-state index < -0.39 is 6.10 Å². The summed E-state index contributed by atoms with van der Waals surface area (Å²) in [6.07, 6.45) is 2.59. The van der Waals surface area contributed by atoms with E-state index in [0.29, 0.717) is 29.7 Å². The lowest BCUT2D eigenvalue weighted by molar-refractivity contribution is -0.133. The van der Waals surface area contributed by atoms with Crippen LogP contribution in [-0.2, 0) is 11.3 Å². The second-order valence-electron chi connectivity index (χ2n) is 7.56. The summed E-state index contributed by atoms with van der Waals surface area (Å²) in [6.45, 7) is 6.80. The van der Waals surface area contributed by atoms with Gasteiger partial charge in [-0.25, -0.2) is 14.6 Å². The van der Waals surface area contributed by atoms with E-state index in [9.17, 15) is 4.79 Å². The molecule has 4 rings (SSSR count). The lowest BCUT2D eigenvalue weighted by atomic mass is 10.1. The molecule has 0 aliphatic carbocycles. The van der Waals surface area contributed by atoms with E-state index in [0.717, 1.165) is 16.9 Å². The zero-order chi connectivity index (χ0) is 22.0. The average molecular weight is 443 g/mol. The molecule has 1 aliphatic heterocycles. The molecule has 9 nitrogen and oxygen atoms in total. The van der Waals surface area contributed by atoms with Crippen molar-refractivity contribution in [3.63, 3.8) is 0 Å². The van der Waals surface area contributed by atoms with Crippen LogP contribution in [0.4, 0.5) is 5.82 Å². The number of amides is 1. The topological polar surface area (TPSA) is 103 Å². The van der Waals surface area contributed by atoms with Gasteiger partial charge in [0, 0.05) is 12.6 Å². The summed E-state index contributed by atoms with van der Waals surface area (Å²) >= 11 is 1.48. The minimum atomic E-state index is -0.712. The first-order valence-electron chi connectivity index (χ1n) is 10.2. The Labute approximate surface area is 184 Å². The van der Waals surface area contributed by atoms with E-state index in [1.54, 1.807) is 16.9 Å². The monoisotopic (exact) mass is 442 g/mol.